The molecular weight excluding hydrogens is 200 g/mol. The SMILES string of the molecule is CCn1ccc(CNC2CCCCC2O)c1. The Morgan fingerprint density at radius 3 is 2.94 bits per heavy atom. The Morgan fingerprint density at radius 2 is 2.25 bits per heavy atom. The first kappa shape index (κ1) is 11.7. The molecule has 0 radical (unpaired) electrons. The standard InChI is InChI=1S/C13H22N2O/c1-2-15-8-7-11(10-15)9-14-12-5-3-4-6-13(12)16/h7-8,10,12-14,16H,2-6,9H2,1H3. The summed E-state index contributed by atoms with van der Waals surface area (Å²) in [5.74, 6) is 0. The monoisotopic (exact) mass is 222 g/mol. The van der Waals surface area contributed by atoms with Crippen molar-refractivity contribution < 1.29 is 5.11 Å². The van der Waals surface area contributed by atoms with E-state index in [0.29, 0.717) is 6.04 Å². The highest BCUT2D eigenvalue weighted by atomic mass is 16.3. The van der Waals surface area contributed by atoms with Crippen molar-refractivity contribution in [3.63, 3.8) is 0 Å². The lowest BCUT2D eigenvalue weighted by Crippen LogP contribution is -2.41. The van der Waals surface area contributed by atoms with Gasteiger partial charge in [-0.25, -0.2) is 0 Å². The first-order valence-electron chi connectivity index (χ1n) is 6.35. The largest absolute Gasteiger partial charge is 0.392 e. The van der Waals surface area contributed by atoms with Gasteiger partial charge in [0, 0.05) is 31.5 Å². The summed E-state index contributed by atoms with van der Waals surface area (Å²) in [4.78, 5) is 0. The number of nitrogens with one attached hydrogen (secondary N) is 1. The first-order chi connectivity index (χ1) is 7.79. The summed E-state index contributed by atoms with van der Waals surface area (Å²) in [7, 11) is 0. The van der Waals surface area contributed by atoms with Crippen molar-refractivity contribution >= 4 is 0 Å². The summed E-state index contributed by atoms with van der Waals surface area (Å²) in [6, 6.07) is 2.44. The van der Waals surface area contributed by atoms with Crippen molar-refractivity contribution in [2.24, 2.45) is 0 Å². The van der Waals surface area contributed by atoms with E-state index in [2.05, 4.69) is 35.3 Å². The van der Waals surface area contributed by atoms with Gasteiger partial charge in [0.15, 0.2) is 0 Å². The van der Waals surface area contributed by atoms with Gasteiger partial charge < -0.3 is 15.0 Å². The fourth-order valence-corrected chi connectivity index (χ4v) is 2.39. The van der Waals surface area contributed by atoms with Gasteiger partial charge >= 0.3 is 0 Å². The molecule has 1 aliphatic carbocycles. The zero-order valence-electron chi connectivity index (χ0n) is 10.0. The molecule has 3 heteroatoms. The van der Waals surface area contributed by atoms with Crippen molar-refractivity contribution in [2.75, 3.05) is 0 Å². The normalized spacial score (nSPS) is 25.9. The molecule has 2 N–H and O–H groups in total. The van der Waals surface area contributed by atoms with Crippen LogP contribution in [0.15, 0.2) is 18.5 Å². The van der Waals surface area contributed by atoms with E-state index in [1.165, 1.54) is 18.4 Å². The molecule has 1 aliphatic rings. The number of rotatable bonds is 4. The summed E-state index contributed by atoms with van der Waals surface area (Å²) in [5, 5.41) is 13.3. The fraction of sp³-hybridized carbons (Fsp3) is 0.692. The Kier molecular flexibility index (Phi) is 4.02. The molecule has 1 aromatic rings. The highest BCUT2D eigenvalue weighted by Gasteiger charge is 2.22. The van der Waals surface area contributed by atoms with Gasteiger partial charge in [-0.2, -0.15) is 0 Å². The van der Waals surface area contributed by atoms with E-state index in [4.69, 9.17) is 0 Å². The third-order valence-electron chi connectivity index (χ3n) is 3.47. The second-order valence-corrected chi connectivity index (χ2v) is 4.69. The lowest BCUT2D eigenvalue weighted by molar-refractivity contribution is 0.0902. The van der Waals surface area contributed by atoms with Crippen LogP contribution in [0.2, 0.25) is 0 Å². The van der Waals surface area contributed by atoms with E-state index in [1.54, 1.807) is 0 Å². The molecule has 3 nitrogen and oxygen atoms in total. The molecule has 0 amide bonds. The zero-order valence-corrected chi connectivity index (χ0v) is 10.0. The predicted molar refractivity (Wildman–Crippen MR) is 65.2 cm³/mol. The van der Waals surface area contributed by atoms with Crippen molar-refractivity contribution in [1.82, 2.24) is 9.88 Å². The number of aryl methyl sites for hydroxylation is 1. The molecule has 0 aromatic carbocycles. The number of aliphatic hydroxyl groups excluding tert-OH is 1. The lowest BCUT2D eigenvalue weighted by Gasteiger charge is -2.28. The molecule has 2 rings (SSSR count). The van der Waals surface area contributed by atoms with Crippen molar-refractivity contribution in [2.45, 2.75) is 57.8 Å². The summed E-state index contributed by atoms with van der Waals surface area (Å²) >= 11 is 0. The summed E-state index contributed by atoms with van der Waals surface area (Å²) in [6.45, 7) is 4.03. The fourth-order valence-electron chi connectivity index (χ4n) is 2.39. The Labute approximate surface area is 97.5 Å². The van der Waals surface area contributed by atoms with Gasteiger partial charge in [0.05, 0.1) is 6.10 Å². The number of hydrogen-bond acceptors (Lipinski definition) is 2. The third kappa shape index (κ3) is 2.86. The Bertz CT molecular complexity index is 321. The Hall–Kier alpha value is -0.800. The Balaban J connectivity index is 1.81. The van der Waals surface area contributed by atoms with E-state index >= 15 is 0 Å². The van der Waals surface area contributed by atoms with E-state index in [9.17, 15) is 5.11 Å². The number of aliphatic hydroxyl groups is 1. The highest BCUT2D eigenvalue weighted by Crippen LogP contribution is 2.18. The number of aromatic nitrogens is 1. The van der Waals surface area contributed by atoms with Crippen LogP contribution in [0.4, 0.5) is 0 Å². The van der Waals surface area contributed by atoms with Crippen LogP contribution in [0, 0.1) is 0 Å². The van der Waals surface area contributed by atoms with Gasteiger partial charge in [0.1, 0.15) is 0 Å². The van der Waals surface area contributed by atoms with Crippen LogP contribution in [-0.4, -0.2) is 21.8 Å². The molecular formula is C13H22N2O. The third-order valence-corrected chi connectivity index (χ3v) is 3.47. The molecule has 1 heterocycles. The van der Waals surface area contributed by atoms with Crippen molar-refractivity contribution in [3.05, 3.63) is 24.0 Å². The van der Waals surface area contributed by atoms with Crippen molar-refractivity contribution in [1.29, 1.82) is 0 Å². The molecule has 1 saturated carbocycles. The predicted octanol–water partition coefficient (Wildman–Crippen LogP) is 1.90. The van der Waals surface area contributed by atoms with Crippen LogP contribution in [-0.2, 0) is 13.1 Å². The molecule has 1 aromatic heterocycles. The van der Waals surface area contributed by atoms with E-state index in [-0.39, 0.29) is 6.10 Å². The molecule has 2 unspecified atom stereocenters. The van der Waals surface area contributed by atoms with E-state index in [0.717, 1.165) is 25.9 Å². The molecule has 0 aliphatic heterocycles. The average molecular weight is 222 g/mol. The zero-order chi connectivity index (χ0) is 11.4. The maximum atomic E-state index is 9.83. The average Bonchev–Trinajstić information content (AvgIpc) is 2.76. The van der Waals surface area contributed by atoms with E-state index in [1.807, 2.05) is 0 Å². The van der Waals surface area contributed by atoms with Crippen LogP contribution in [0.25, 0.3) is 0 Å². The van der Waals surface area contributed by atoms with Crippen LogP contribution < -0.4 is 5.32 Å². The molecule has 1 fully saturated rings. The summed E-state index contributed by atoms with van der Waals surface area (Å²) < 4.78 is 2.17. The number of hydrogen-bond donors (Lipinski definition) is 2. The second-order valence-electron chi connectivity index (χ2n) is 4.69. The molecule has 0 bridgehead atoms. The van der Waals surface area contributed by atoms with Crippen molar-refractivity contribution in [3.8, 4) is 0 Å². The minimum Gasteiger partial charge on any atom is -0.392 e. The maximum Gasteiger partial charge on any atom is 0.0693 e. The van der Waals surface area contributed by atoms with Crippen LogP contribution in [0.1, 0.15) is 38.2 Å². The summed E-state index contributed by atoms with van der Waals surface area (Å²) in [6.07, 6.45) is 8.60. The molecule has 0 saturated heterocycles. The first-order valence-corrected chi connectivity index (χ1v) is 6.35. The topological polar surface area (TPSA) is 37.2 Å². The summed E-state index contributed by atoms with van der Waals surface area (Å²) in [5.41, 5.74) is 1.31. The maximum absolute atomic E-state index is 9.83. The highest BCUT2D eigenvalue weighted by molar-refractivity contribution is 5.10. The minimum absolute atomic E-state index is 0.151. The van der Waals surface area contributed by atoms with Gasteiger partial charge in [-0.15, -0.1) is 0 Å². The second kappa shape index (κ2) is 5.51. The van der Waals surface area contributed by atoms with Crippen LogP contribution >= 0.6 is 0 Å². The van der Waals surface area contributed by atoms with Gasteiger partial charge in [0.25, 0.3) is 0 Å². The van der Waals surface area contributed by atoms with Gasteiger partial charge in [0.2, 0.25) is 0 Å². The number of nitrogens with zero attached hydrogens (tertiary/aromatic N) is 1. The van der Waals surface area contributed by atoms with Gasteiger partial charge in [-0.1, -0.05) is 12.8 Å². The Morgan fingerprint density at radius 1 is 1.44 bits per heavy atom. The minimum atomic E-state index is -0.151. The molecule has 16 heavy (non-hydrogen) atoms. The van der Waals surface area contributed by atoms with Gasteiger partial charge in [-0.05, 0) is 31.4 Å². The van der Waals surface area contributed by atoms with Crippen LogP contribution in [0.5, 0.6) is 0 Å². The molecule has 90 valence electrons. The van der Waals surface area contributed by atoms with Crippen LogP contribution in [0.3, 0.4) is 0 Å². The molecule has 2 atom stereocenters. The quantitative estimate of drug-likeness (QED) is 0.816. The molecule has 0 spiro atoms. The van der Waals surface area contributed by atoms with E-state index < -0.39 is 0 Å². The van der Waals surface area contributed by atoms with Gasteiger partial charge in [-0.3, -0.25) is 0 Å². The smallest absolute Gasteiger partial charge is 0.0693 e. The lowest BCUT2D eigenvalue weighted by atomic mass is 9.92.